The number of carbonyl (C=O) groups is 1. The standard InChI is InChI=1S/C22H30N4O2.HI/c1-16-7-6-8-20(13-16)28-17(2)14-24-22(23-3)25-15-18-9-11-19(12-10-18)21(27)26(4)5;/h6-13,17H,14-15H2,1-5H3,(H2,23,24,25);1H. The van der Waals surface area contributed by atoms with E-state index in [1.54, 1.807) is 26.0 Å². The molecule has 158 valence electrons. The van der Waals surface area contributed by atoms with Crippen LogP contribution in [0, 0.1) is 6.92 Å². The van der Waals surface area contributed by atoms with E-state index in [1.165, 1.54) is 5.56 Å². The van der Waals surface area contributed by atoms with Crippen LogP contribution in [0.5, 0.6) is 5.75 Å². The van der Waals surface area contributed by atoms with Gasteiger partial charge in [0, 0.05) is 33.3 Å². The van der Waals surface area contributed by atoms with Gasteiger partial charge < -0.3 is 20.3 Å². The highest BCUT2D eigenvalue weighted by molar-refractivity contribution is 14.0. The minimum absolute atomic E-state index is 0. The zero-order chi connectivity index (χ0) is 20.5. The van der Waals surface area contributed by atoms with E-state index in [0.29, 0.717) is 24.6 Å². The second-order valence-corrected chi connectivity index (χ2v) is 6.95. The summed E-state index contributed by atoms with van der Waals surface area (Å²) in [6.45, 7) is 5.31. The SMILES string of the molecule is CN=C(NCc1ccc(C(=O)N(C)C)cc1)NCC(C)Oc1cccc(C)c1.I. The summed E-state index contributed by atoms with van der Waals surface area (Å²) in [5.41, 5.74) is 2.93. The van der Waals surface area contributed by atoms with Crippen molar-refractivity contribution in [3.05, 3.63) is 65.2 Å². The largest absolute Gasteiger partial charge is 0.489 e. The maximum atomic E-state index is 11.9. The first-order valence-corrected chi connectivity index (χ1v) is 9.37. The van der Waals surface area contributed by atoms with E-state index in [4.69, 9.17) is 4.74 Å². The molecule has 1 atom stereocenters. The molecule has 0 heterocycles. The van der Waals surface area contributed by atoms with Crippen molar-refractivity contribution in [2.45, 2.75) is 26.5 Å². The number of guanidine groups is 1. The molecule has 0 spiro atoms. The summed E-state index contributed by atoms with van der Waals surface area (Å²) in [5, 5.41) is 6.55. The minimum atomic E-state index is -0.00307. The summed E-state index contributed by atoms with van der Waals surface area (Å²) in [4.78, 5) is 17.7. The number of nitrogens with one attached hydrogen (secondary N) is 2. The molecule has 2 rings (SSSR count). The van der Waals surface area contributed by atoms with Gasteiger partial charge in [-0.2, -0.15) is 0 Å². The Morgan fingerprint density at radius 3 is 2.41 bits per heavy atom. The maximum absolute atomic E-state index is 11.9. The number of hydrogen-bond acceptors (Lipinski definition) is 3. The third-order valence-electron chi connectivity index (χ3n) is 4.17. The number of carbonyl (C=O) groups excluding carboxylic acids is 1. The van der Waals surface area contributed by atoms with Gasteiger partial charge in [0.2, 0.25) is 0 Å². The van der Waals surface area contributed by atoms with Crippen molar-refractivity contribution in [3.63, 3.8) is 0 Å². The molecule has 0 aliphatic carbocycles. The molecule has 2 aromatic rings. The van der Waals surface area contributed by atoms with Crippen LogP contribution in [-0.4, -0.2) is 50.6 Å². The molecule has 0 saturated heterocycles. The number of aliphatic imine (C=N–C) groups is 1. The first kappa shape index (κ1) is 24.7. The third-order valence-corrected chi connectivity index (χ3v) is 4.17. The van der Waals surface area contributed by atoms with E-state index in [0.717, 1.165) is 11.3 Å². The number of rotatable bonds is 7. The fourth-order valence-corrected chi connectivity index (χ4v) is 2.63. The summed E-state index contributed by atoms with van der Waals surface area (Å²) in [6.07, 6.45) is -0.00307. The van der Waals surface area contributed by atoms with Gasteiger partial charge in [-0.05, 0) is 49.2 Å². The van der Waals surface area contributed by atoms with Crippen LogP contribution in [-0.2, 0) is 6.54 Å². The highest BCUT2D eigenvalue weighted by Crippen LogP contribution is 2.13. The molecule has 0 aromatic heterocycles. The Morgan fingerprint density at radius 2 is 1.83 bits per heavy atom. The lowest BCUT2D eigenvalue weighted by molar-refractivity contribution is 0.0827. The summed E-state index contributed by atoms with van der Waals surface area (Å²) in [5.74, 6) is 1.57. The molecule has 6 nitrogen and oxygen atoms in total. The molecule has 29 heavy (non-hydrogen) atoms. The average molecular weight is 510 g/mol. The van der Waals surface area contributed by atoms with E-state index in [9.17, 15) is 4.79 Å². The van der Waals surface area contributed by atoms with Crippen LogP contribution >= 0.6 is 24.0 Å². The van der Waals surface area contributed by atoms with Crippen molar-refractivity contribution in [1.82, 2.24) is 15.5 Å². The Kier molecular flexibility index (Phi) is 10.5. The van der Waals surface area contributed by atoms with Crippen LogP contribution in [0.1, 0.15) is 28.4 Å². The first-order chi connectivity index (χ1) is 13.4. The van der Waals surface area contributed by atoms with Crippen molar-refractivity contribution in [3.8, 4) is 5.75 Å². The first-order valence-electron chi connectivity index (χ1n) is 9.37. The second-order valence-electron chi connectivity index (χ2n) is 6.95. The zero-order valence-electron chi connectivity index (χ0n) is 17.7. The lowest BCUT2D eigenvalue weighted by Crippen LogP contribution is -2.41. The number of aryl methyl sites for hydroxylation is 1. The minimum Gasteiger partial charge on any atom is -0.489 e. The van der Waals surface area contributed by atoms with Crippen LogP contribution in [0.25, 0.3) is 0 Å². The summed E-state index contributed by atoms with van der Waals surface area (Å²) in [7, 11) is 5.23. The predicted molar refractivity (Wildman–Crippen MR) is 129 cm³/mol. The van der Waals surface area contributed by atoms with E-state index in [2.05, 4.69) is 15.6 Å². The van der Waals surface area contributed by atoms with Gasteiger partial charge in [-0.3, -0.25) is 9.79 Å². The van der Waals surface area contributed by atoms with Gasteiger partial charge in [-0.25, -0.2) is 0 Å². The second kappa shape index (κ2) is 12.3. The zero-order valence-corrected chi connectivity index (χ0v) is 20.1. The Labute approximate surface area is 190 Å². The lowest BCUT2D eigenvalue weighted by Gasteiger charge is -2.18. The molecule has 0 aliphatic heterocycles. The highest BCUT2D eigenvalue weighted by Gasteiger charge is 2.08. The smallest absolute Gasteiger partial charge is 0.253 e. The van der Waals surface area contributed by atoms with Crippen LogP contribution in [0.4, 0.5) is 0 Å². The molecular weight excluding hydrogens is 479 g/mol. The Hall–Kier alpha value is -2.29. The molecule has 0 fully saturated rings. The monoisotopic (exact) mass is 510 g/mol. The van der Waals surface area contributed by atoms with Gasteiger partial charge in [0.05, 0.1) is 6.54 Å². The highest BCUT2D eigenvalue weighted by atomic mass is 127. The summed E-state index contributed by atoms with van der Waals surface area (Å²) in [6, 6.07) is 15.6. The van der Waals surface area contributed by atoms with Crippen molar-refractivity contribution in [2.75, 3.05) is 27.7 Å². The molecule has 1 unspecified atom stereocenters. The van der Waals surface area contributed by atoms with Crippen LogP contribution in [0.2, 0.25) is 0 Å². The Bertz CT molecular complexity index is 807. The van der Waals surface area contributed by atoms with Crippen LogP contribution < -0.4 is 15.4 Å². The Balaban J connectivity index is 0.00000420. The number of amides is 1. The Morgan fingerprint density at radius 1 is 1.14 bits per heavy atom. The number of halogens is 1. The molecule has 2 aromatic carbocycles. The van der Waals surface area contributed by atoms with Crippen molar-refractivity contribution >= 4 is 35.8 Å². The third kappa shape index (κ3) is 8.31. The molecular formula is C22H31IN4O2. The summed E-state index contributed by atoms with van der Waals surface area (Å²) < 4.78 is 5.93. The van der Waals surface area contributed by atoms with Crippen LogP contribution in [0.15, 0.2) is 53.5 Å². The van der Waals surface area contributed by atoms with E-state index in [1.807, 2.05) is 62.4 Å². The summed E-state index contributed by atoms with van der Waals surface area (Å²) >= 11 is 0. The van der Waals surface area contributed by atoms with Gasteiger partial charge in [0.25, 0.3) is 5.91 Å². The quantitative estimate of drug-likeness (QED) is 0.340. The topological polar surface area (TPSA) is 66.0 Å². The number of hydrogen-bond donors (Lipinski definition) is 2. The maximum Gasteiger partial charge on any atom is 0.253 e. The van der Waals surface area contributed by atoms with Crippen LogP contribution in [0.3, 0.4) is 0 Å². The van der Waals surface area contributed by atoms with E-state index < -0.39 is 0 Å². The molecule has 0 saturated carbocycles. The van der Waals surface area contributed by atoms with Gasteiger partial charge in [-0.15, -0.1) is 24.0 Å². The number of benzene rings is 2. The number of nitrogens with zero attached hydrogens (tertiary/aromatic N) is 2. The van der Waals surface area contributed by atoms with E-state index >= 15 is 0 Å². The lowest BCUT2D eigenvalue weighted by atomic mass is 10.1. The van der Waals surface area contributed by atoms with Crippen molar-refractivity contribution in [1.29, 1.82) is 0 Å². The number of ether oxygens (including phenoxy) is 1. The molecule has 1 amide bonds. The van der Waals surface area contributed by atoms with Gasteiger partial charge in [-0.1, -0.05) is 24.3 Å². The molecule has 2 N–H and O–H groups in total. The van der Waals surface area contributed by atoms with Gasteiger partial charge in [0.1, 0.15) is 11.9 Å². The van der Waals surface area contributed by atoms with Crippen molar-refractivity contribution in [2.24, 2.45) is 4.99 Å². The fraction of sp³-hybridized carbons (Fsp3) is 0.364. The predicted octanol–water partition coefficient (Wildman–Crippen LogP) is 3.45. The van der Waals surface area contributed by atoms with Crippen molar-refractivity contribution < 1.29 is 9.53 Å². The van der Waals surface area contributed by atoms with E-state index in [-0.39, 0.29) is 36.0 Å². The molecule has 0 bridgehead atoms. The van der Waals surface area contributed by atoms with Gasteiger partial charge in [0.15, 0.2) is 5.96 Å². The molecule has 0 aliphatic rings. The van der Waals surface area contributed by atoms with Gasteiger partial charge >= 0.3 is 0 Å². The average Bonchev–Trinajstić information content (AvgIpc) is 2.68. The fourth-order valence-electron chi connectivity index (χ4n) is 2.63. The normalized spacial score (nSPS) is 11.8. The molecule has 0 radical (unpaired) electrons. The molecule has 7 heteroatoms.